The first-order valence-electron chi connectivity index (χ1n) is 25.7. The molecule has 0 aliphatic rings. The number of hydrogen-bond acceptors (Lipinski definition) is 4. The number of rotatable bonds is 7. The van der Waals surface area contributed by atoms with Crippen molar-refractivity contribution in [3.63, 3.8) is 0 Å². The maximum atomic E-state index is 6.46. The van der Waals surface area contributed by atoms with Crippen LogP contribution in [0.3, 0.4) is 0 Å². The highest BCUT2D eigenvalue weighted by Gasteiger charge is 2.24. The zero-order valence-corrected chi connectivity index (χ0v) is 40.8. The van der Waals surface area contributed by atoms with Crippen LogP contribution in [0.25, 0.3) is 150 Å². The summed E-state index contributed by atoms with van der Waals surface area (Å²) in [6.07, 6.45) is 0. The summed E-state index contributed by atoms with van der Waals surface area (Å²) in [4.78, 5) is 16.0. The van der Waals surface area contributed by atoms with Crippen LogP contribution in [-0.2, 0) is 0 Å². The molecule has 0 amide bonds. The Morgan fingerprint density at radius 3 is 1.22 bits per heavy atom. The molecule has 0 bridgehead atoms. The number of hydrogen-bond donors (Lipinski definition) is 0. The van der Waals surface area contributed by atoms with Gasteiger partial charge >= 0.3 is 0 Å². The van der Waals surface area contributed by atoms with Gasteiger partial charge in [0.2, 0.25) is 0 Å². The fourth-order valence-electron chi connectivity index (χ4n) is 12.0. The van der Waals surface area contributed by atoms with Gasteiger partial charge in [-0.15, -0.1) is 0 Å². The first-order valence-corrected chi connectivity index (χ1v) is 25.7. The van der Waals surface area contributed by atoms with Gasteiger partial charge in [-0.25, -0.2) is 15.0 Å². The topological polar surface area (TPSA) is 66.6 Å². The Balaban J connectivity index is 1.01. The van der Waals surface area contributed by atoms with E-state index in [9.17, 15) is 0 Å². The minimum atomic E-state index is 0.563. The molecule has 7 nitrogen and oxygen atoms in total. The smallest absolute Gasteiger partial charge is 0.166 e. The molecule has 5 heterocycles. The summed E-state index contributed by atoms with van der Waals surface area (Å²) in [5.74, 6) is 1.75. The van der Waals surface area contributed by atoms with E-state index >= 15 is 0 Å². The van der Waals surface area contributed by atoms with Crippen LogP contribution < -0.4 is 0 Å². The van der Waals surface area contributed by atoms with Crippen molar-refractivity contribution < 1.29 is 4.42 Å². The molecule has 0 spiro atoms. The summed E-state index contributed by atoms with van der Waals surface area (Å²) in [5.41, 5.74) is 16.3. The maximum Gasteiger partial charge on any atom is 0.166 e. The minimum Gasteiger partial charge on any atom is -0.456 e. The fraction of sp³-hybridized carbons (Fsp3) is 0. The lowest BCUT2D eigenvalue weighted by atomic mass is 9.96. The summed E-state index contributed by atoms with van der Waals surface area (Å²) in [6.45, 7) is 0. The molecule has 16 aromatic rings. The van der Waals surface area contributed by atoms with Crippen LogP contribution in [0, 0.1) is 0 Å². The van der Waals surface area contributed by atoms with Crippen molar-refractivity contribution >= 4 is 87.4 Å². The molecule has 0 saturated heterocycles. The molecule has 11 aromatic carbocycles. The van der Waals surface area contributed by atoms with Crippen LogP contribution in [0.5, 0.6) is 0 Å². The molecule has 0 fully saturated rings. The second-order valence-corrected chi connectivity index (χ2v) is 19.5. The lowest BCUT2D eigenvalue weighted by molar-refractivity contribution is 0.669. The lowest BCUT2D eigenvalue weighted by Crippen LogP contribution is -2.04. The van der Waals surface area contributed by atoms with Crippen LogP contribution >= 0.6 is 0 Å². The van der Waals surface area contributed by atoms with E-state index in [2.05, 4.69) is 220 Å². The number of furan rings is 1. The molecular weight excluding hydrogens is 929 g/mol. The van der Waals surface area contributed by atoms with E-state index in [0.717, 1.165) is 111 Å². The summed E-state index contributed by atoms with van der Waals surface area (Å²) in [7, 11) is 0. The van der Waals surface area contributed by atoms with E-state index in [-0.39, 0.29) is 0 Å². The van der Waals surface area contributed by atoms with Gasteiger partial charge in [-0.1, -0.05) is 170 Å². The molecule has 5 aromatic heterocycles. The van der Waals surface area contributed by atoms with Crippen molar-refractivity contribution in [2.24, 2.45) is 0 Å². The number of benzene rings is 11. The van der Waals surface area contributed by atoms with Gasteiger partial charge in [0.15, 0.2) is 17.5 Å². The van der Waals surface area contributed by atoms with Gasteiger partial charge in [-0.3, -0.25) is 0 Å². The van der Waals surface area contributed by atoms with Gasteiger partial charge in [0.1, 0.15) is 11.2 Å². The molecule has 354 valence electrons. The molecule has 0 saturated carbocycles. The Bertz CT molecular complexity index is 4670. The van der Waals surface area contributed by atoms with E-state index in [0.29, 0.717) is 17.5 Å². The molecule has 0 unspecified atom stereocenters. The van der Waals surface area contributed by atoms with E-state index in [1.807, 2.05) is 48.5 Å². The van der Waals surface area contributed by atoms with Gasteiger partial charge in [0.05, 0.1) is 38.8 Å². The maximum absolute atomic E-state index is 6.46. The van der Waals surface area contributed by atoms with E-state index in [1.165, 1.54) is 21.5 Å². The van der Waals surface area contributed by atoms with Gasteiger partial charge in [0.25, 0.3) is 0 Å². The minimum absolute atomic E-state index is 0.563. The van der Waals surface area contributed by atoms with Crippen molar-refractivity contribution in [1.29, 1.82) is 0 Å². The predicted octanol–water partition coefficient (Wildman–Crippen LogP) is 17.7. The molecule has 0 N–H and O–H groups in total. The van der Waals surface area contributed by atoms with Crippen molar-refractivity contribution in [1.82, 2.24) is 28.7 Å². The third-order valence-corrected chi connectivity index (χ3v) is 15.3. The Labute approximate surface area is 435 Å². The molecule has 16 rings (SSSR count). The highest BCUT2D eigenvalue weighted by molar-refractivity contribution is 6.15. The average molecular weight is 971 g/mol. The van der Waals surface area contributed by atoms with Gasteiger partial charge in [-0.2, -0.15) is 0 Å². The second-order valence-electron chi connectivity index (χ2n) is 19.5. The molecule has 0 aliphatic heterocycles. The third-order valence-electron chi connectivity index (χ3n) is 15.3. The standard InChI is InChI=1S/C69H42N6O/c1-3-18-43(19-4-1)67-70-68(44-20-5-2-6-21-44)72-69(71-67)56-40-45(48-27-17-33-65-66(48)53-26-11-16-32-64(53)76-65)34-37-63(56)75-61-38-35-46(73-57-28-12-7-22-49(57)50-23-8-13-29-58(50)73)41-54(61)55-42-47(36-39-62(55)75)74-59-30-14-9-24-51(59)52-25-10-15-31-60(52)74/h1-42H. The lowest BCUT2D eigenvalue weighted by Gasteiger charge is -2.17. The first-order chi connectivity index (χ1) is 37.7. The van der Waals surface area contributed by atoms with E-state index < -0.39 is 0 Å². The van der Waals surface area contributed by atoms with Crippen LogP contribution in [0.2, 0.25) is 0 Å². The number of aromatic nitrogens is 6. The Kier molecular flexibility index (Phi) is 9.20. The van der Waals surface area contributed by atoms with Crippen molar-refractivity contribution in [2.75, 3.05) is 0 Å². The quantitative estimate of drug-likeness (QED) is 0.160. The number of fused-ring (bicyclic) bond motifs is 12. The van der Waals surface area contributed by atoms with Gasteiger partial charge in [0, 0.05) is 71.2 Å². The normalized spacial score (nSPS) is 11.9. The largest absolute Gasteiger partial charge is 0.456 e. The van der Waals surface area contributed by atoms with Crippen LogP contribution in [0.15, 0.2) is 259 Å². The van der Waals surface area contributed by atoms with Gasteiger partial charge in [-0.05, 0) is 96.1 Å². The molecule has 7 heteroatoms. The average Bonchev–Trinajstić information content (AvgIpc) is 4.24. The van der Waals surface area contributed by atoms with Crippen molar-refractivity contribution in [2.45, 2.75) is 0 Å². The zero-order chi connectivity index (χ0) is 49.8. The zero-order valence-electron chi connectivity index (χ0n) is 40.8. The van der Waals surface area contributed by atoms with Crippen molar-refractivity contribution in [3.8, 4) is 62.4 Å². The number of para-hydroxylation sites is 5. The predicted molar refractivity (Wildman–Crippen MR) is 312 cm³/mol. The van der Waals surface area contributed by atoms with Crippen LogP contribution in [0.1, 0.15) is 0 Å². The molecule has 0 radical (unpaired) electrons. The monoisotopic (exact) mass is 970 g/mol. The van der Waals surface area contributed by atoms with Crippen LogP contribution in [0.4, 0.5) is 0 Å². The summed E-state index contributed by atoms with van der Waals surface area (Å²) in [6, 6.07) is 90.5. The number of nitrogens with zero attached hydrogens (tertiary/aromatic N) is 6. The van der Waals surface area contributed by atoms with Crippen molar-refractivity contribution in [3.05, 3.63) is 255 Å². The van der Waals surface area contributed by atoms with E-state index in [4.69, 9.17) is 19.4 Å². The Morgan fingerprint density at radius 1 is 0.263 bits per heavy atom. The van der Waals surface area contributed by atoms with Gasteiger partial charge < -0.3 is 18.1 Å². The highest BCUT2D eigenvalue weighted by atomic mass is 16.3. The SMILES string of the molecule is c1ccc(-c2nc(-c3ccccc3)nc(-c3cc(-c4cccc5oc6ccccc6c45)ccc3-n3c4ccc(-n5c6ccccc6c6ccccc65)cc4c4cc(-n5c6ccccc6c6ccccc65)ccc43)n2)cc1. The first kappa shape index (κ1) is 42.2. The second kappa shape index (κ2) is 16.6. The van der Waals surface area contributed by atoms with E-state index in [1.54, 1.807) is 0 Å². The molecule has 76 heavy (non-hydrogen) atoms. The Morgan fingerprint density at radius 2 is 0.697 bits per heavy atom. The Hall–Kier alpha value is -10.4. The third kappa shape index (κ3) is 6.39. The molecule has 0 atom stereocenters. The molecular formula is C69H42N6O. The summed E-state index contributed by atoms with van der Waals surface area (Å²) >= 11 is 0. The molecule has 0 aliphatic carbocycles. The van der Waals surface area contributed by atoms with Crippen LogP contribution in [-0.4, -0.2) is 28.7 Å². The fourth-order valence-corrected chi connectivity index (χ4v) is 12.0. The summed E-state index contributed by atoms with van der Waals surface area (Å²) in [5, 5.41) is 9.26. The summed E-state index contributed by atoms with van der Waals surface area (Å²) < 4.78 is 13.7. The highest BCUT2D eigenvalue weighted by Crippen LogP contribution is 2.44.